The Balaban J connectivity index is 2.70. The molecule has 11 heteroatoms. The van der Waals surface area contributed by atoms with Gasteiger partial charge in [-0.3, -0.25) is 14.4 Å². The van der Waals surface area contributed by atoms with Crippen LogP contribution in [0.4, 0.5) is 4.79 Å². The number of nitrogens with one attached hydrogen (secondary N) is 2. The highest BCUT2D eigenvalue weighted by molar-refractivity contribution is 5.96. The van der Waals surface area contributed by atoms with Crippen molar-refractivity contribution in [1.82, 2.24) is 15.5 Å². The summed E-state index contributed by atoms with van der Waals surface area (Å²) in [6.07, 6.45) is 0.844. The monoisotopic (exact) mass is 666 g/mol. The molecule has 0 bridgehead atoms. The van der Waals surface area contributed by atoms with E-state index in [9.17, 15) is 24.0 Å². The van der Waals surface area contributed by atoms with Gasteiger partial charge in [0, 0.05) is 13.0 Å². The molecule has 0 aromatic heterocycles. The fourth-order valence-corrected chi connectivity index (χ4v) is 5.30. The summed E-state index contributed by atoms with van der Waals surface area (Å²) in [4.78, 5) is 69.1. The fraction of sp³-hybridized carbons (Fsp3) is 0.541. The maximum atomic E-state index is 14.6. The average Bonchev–Trinajstić information content (AvgIpc) is 2.95. The van der Waals surface area contributed by atoms with E-state index < -0.39 is 65.5 Å². The molecule has 11 nitrogen and oxygen atoms in total. The predicted molar refractivity (Wildman–Crippen MR) is 185 cm³/mol. The third kappa shape index (κ3) is 13.0. The molecule has 264 valence electrons. The van der Waals surface area contributed by atoms with Crippen LogP contribution < -0.4 is 16.4 Å². The molecule has 0 aliphatic rings. The van der Waals surface area contributed by atoms with Crippen molar-refractivity contribution in [2.75, 3.05) is 6.54 Å². The Hall–Kier alpha value is -4.41. The summed E-state index contributed by atoms with van der Waals surface area (Å²) < 4.78 is 11.1. The first-order chi connectivity index (χ1) is 22.3. The number of primary amides is 1. The number of esters is 1. The van der Waals surface area contributed by atoms with Crippen LogP contribution in [0, 0.1) is 13.8 Å². The van der Waals surface area contributed by atoms with E-state index in [2.05, 4.69) is 10.6 Å². The maximum Gasteiger partial charge on any atom is 0.408 e. The van der Waals surface area contributed by atoms with Crippen molar-refractivity contribution in [1.29, 1.82) is 0 Å². The Morgan fingerprint density at radius 1 is 0.792 bits per heavy atom. The van der Waals surface area contributed by atoms with Gasteiger partial charge in [-0.25, -0.2) is 9.59 Å². The number of ether oxygens (including phenoxy) is 2. The summed E-state index contributed by atoms with van der Waals surface area (Å²) in [6, 6.07) is 11.0. The molecule has 2 aromatic rings. The molecule has 0 saturated carbocycles. The average molecular weight is 667 g/mol. The third-order valence-corrected chi connectivity index (χ3v) is 7.35. The van der Waals surface area contributed by atoms with E-state index in [0.717, 1.165) is 29.5 Å². The third-order valence-electron chi connectivity index (χ3n) is 7.35. The van der Waals surface area contributed by atoms with Crippen LogP contribution in [0.1, 0.15) is 102 Å². The first-order valence-electron chi connectivity index (χ1n) is 16.5. The Kier molecular flexibility index (Phi) is 14.6. The summed E-state index contributed by atoms with van der Waals surface area (Å²) in [5.41, 5.74) is 6.70. The molecule has 4 amide bonds. The van der Waals surface area contributed by atoms with Gasteiger partial charge in [-0.05, 0) is 84.1 Å². The Morgan fingerprint density at radius 3 is 1.90 bits per heavy atom. The molecule has 2 aromatic carbocycles. The Bertz CT molecular complexity index is 1390. The summed E-state index contributed by atoms with van der Waals surface area (Å²) in [6.45, 7) is 16.1. The number of nitrogens with zero attached hydrogens (tertiary/aromatic N) is 1. The fourth-order valence-electron chi connectivity index (χ4n) is 5.30. The summed E-state index contributed by atoms with van der Waals surface area (Å²) >= 11 is 0. The van der Waals surface area contributed by atoms with Gasteiger partial charge in [0.05, 0.1) is 6.42 Å². The van der Waals surface area contributed by atoms with Gasteiger partial charge in [-0.1, -0.05) is 68.3 Å². The molecule has 2 rings (SSSR count). The van der Waals surface area contributed by atoms with Gasteiger partial charge in [0.15, 0.2) is 0 Å². The molecule has 3 atom stereocenters. The molecular weight excluding hydrogens is 612 g/mol. The second kappa shape index (κ2) is 17.7. The molecule has 3 unspecified atom stereocenters. The van der Waals surface area contributed by atoms with Crippen molar-refractivity contribution in [2.24, 2.45) is 5.73 Å². The number of alkyl carbamates (subject to hydrolysis) is 1. The standard InChI is InChI=1S/C37H54N4O7/c1-10-11-15-21-41(33(44)27(23-29(38)42)40-35(46)48-37(7,8)9)31(30-24(2)17-16-18-25(30)3)32(43)39-28(34(45)47-36(4,5)6)22-26-19-13-12-14-20-26/h12-14,16-20,27-28,31H,10-11,15,21-23H2,1-9H3,(H2,38,42)(H,39,43)(H,40,46). The minimum Gasteiger partial charge on any atom is -0.458 e. The van der Waals surface area contributed by atoms with Crippen LogP contribution in [0.15, 0.2) is 48.5 Å². The lowest BCUT2D eigenvalue weighted by molar-refractivity contribution is -0.159. The molecule has 0 heterocycles. The van der Waals surface area contributed by atoms with Crippen LogP contribution in [0.2, 0.25) is 0 Å². The van der Waals surface area contributed by atoms with E-state index in [0.29, 0.717) is 12.0 Å². The van der Waals surface area contributed by atoms with Crippen LogP contribution in [0.5, 0.6) is 0 Å². The van der Waals surface area contributed by atoms with E-state index in [-0.39, 0.29) is 13.0 Å². The smallest absolute Gasteiger partial charge is 0.408 e. The lowest BCUT2D eigenvalue weighted by Gasteiger charge is -2.36. The number of carbonyl (C=O) groups excluding carboxylic acids is 5. The molecular formula is C37H54N4O7. The number of aryl methyl sites for hydroxylation is 2. The highest BCUT2D eigenvalue weighted by Gasteiger charge is 2.39. The Morgan fingerprint density at radius 2 is 1.38 bits per heavy atom. The Labute approximate surface area is 285 Å². The lowest BCUT2D eigenvalue weighted by atomic mass is 9.92. The lowest BCUT2D eigenvalue weighted by Crippen LogP contribution is -2.56. The molecule has 0 radical (unpaired) electrons. The van der Waals surface area contributed by atoms with Gasteiger partial charge in [-0.2, -0.15) is 0 Å². The summed E-state index contributed by atoms with van der Waals surface area (Å²) in [5.74, 6) is -2.74. The zero-order valence-corrected chi connectivity index (χ0v) is 30.0. The van der Waals surface area contributed by atoms with Crippen molar-refractivity contribution >= 4 is 29.8 Å². The largest absolute Gasteiger partial charge is 0.458 e. The maximum absolute atomic E-state index is 14.6. The molecule has 48 heavy (non-hydrogen) atoms. The molecule has 0 fully saturated rings. The highest BCUT2D eigenvalue weighted by Crippen LogP contribution is 2.30. The first kappa shape index (κ1) is 39.8. The van der Waals surface area contributed by atoms with Crippen LogP contribution >= 0.6 is 0 Å². The number of hydrogen-bond donors (Lipinski definition) is 3. The SMILES string of the molecule is CCCCCN(C(=O)C(CC(N)=O)NC(=O)OC(C)(C)C)C(C(=O)NC(Cc1ccccc1)C(=O)OC(C)(C)C)c1c(C)cccc1C. The van der Waals surface area contributed by atoms with Crippen molar-refractivity contribution in [3.05, 3.63) is 70.8 Å². The molecule has 4 N–H and O–H groups in total. The van der Waals surface area contributed by atoms with Crippen LogP contribution in [-0.2, 0) is 35.1 Å². The van der Waals surface area contributed by atoms with Gasteiger partial charge >= 0.3 is 12.1 Å². The van der Waals surface area contributed by atoms with Crippen molar-refractivity contribution in [2.45, 2.75) is 124 Å². The number of benzene rings is 2. The van der Waals surface area contributed by atoms with E-state index in [1.165, 1.54) is 4.90 Å². The van der Waals surface area contributed by atoms with Crippen LogP contribution in [-0.4, -0.2) is 64.5 Å². The zero-order valence-electron chi connectivity index (χ0n) is 30.0. The predicted octanol–water partition coefficient (Wildman–Crippen LogP) is 5.20. The van der Waals surface area contributed by atoms with Gasteiger partial charge in [0.2, 0.25) is 17.7 Å². The van der Waals surface area contributed by atoms with E-state index in [1.807, 2.05) is 69.3 Å². The molecule has 0 saturated heterocycles. The second-order valence-electron chi connectivity index (χ2n) is 14.1. The quantitative estimate of drug-likeness (QED) is 0.174. The van der Waals surface area contributed by atoms with Crippen molar-refractivity contribution in [3.8, 4) is 0 Å². The van der Waals surface area contributed by atoms with Gasteiger partial charge in [-0.15, -0.1) is 0 Å². The van der Waals surface area contributed by atoms with Crippen molar-refractivity contribution < 1.29 is 33.4 Å². The van der Waals surface area contributed by atoms with Gasteiger partial charge in [0.25, 0.3) is 0 Å². The summed E-state index contributed by atoms with van der Waals surface area (Å²) in [5, 5.41) is 5.42. The molecule has 0 aliphatic carbocycles. The number of unbranched alkanes of at least 4 members (excludes halogenated alkanes) is 2. The number of amides is 4. The van der Waals surface area contributed by atoms with Crippen LogP contribution in [0.3, 0.4) is 0 Å². The number of carbonyl (C=O) groups is 5. The number of rotatable bonds is 15. The normalized spacial score (nSPS) is 13.4. The topological polar surface area (TPSA) is 157 Å². The van der Waals surface area contributed by atoms with E-state index >= 15 is 0 Å². The number of hydrogen-bond acceptors (Lipinski definition) is 7. The minimum atomic E-state index is -1.41. The molecule has 0 spiro atoms. The second-order valence-corrected chi connectivity index (χ2v) is 14.1. The molecule has 0 aliphatic heterocycles. The number of nitrogens with two attached hydrogens (primary N) is 1. The van der Waals surface area contributed by atoms with E-state index in [1.54, 1.807) is 41.5 Å². The minimum absolute atomic E-state index is 0.125. The van der Waals surface area contributed by atoms with Gasteiger partial charge in [0.1, 0.15) is 29.3 Å². The van der Waals surface area contributed by atoms with Gasteiger partial charge < -0.3 is 30.7 Å². The van der Waals surface area contributed by atoms with Crippen LogP contribution in [0.25, 0.3) is 0 Å². The zero-order chi connectivity index (χ0) is 36.2. The van der Waals surface area contributed by atoms with E-state index in [4.69, 9.17) is 15.2 Å². The highest BCUT2D eigenvalue weighted by atomic mass is 16.6. The summed E-state index contributed by atoms with van der Waals surface area (Å²) in [7, 11) is 0. The first-order valence-corrected chi connectivity index (χ1v) is 16.5. The van der Waals surface area contributed by atoms with Crippen molar-refractivity contribution in [3.63, 3.8) is 0 Å².